The molecule has 0 bridgehead atoms. The monoisotopic (exact) mass is 419 g/mol. The third-order valence-electron chi connectivity index (χ3n) is 5.93. The molecular weight excluding hydrogens is 390 g/mol. The highest BCUT2D eigenvalue weighted by Gasteiger charge is 2.30. The molecule has 8 heteroatoms. The number of amides is 2. The highest BCUT2D eigenvalue weighted by molar-refractivity contribution is 7.89. The summed E-state index contributed by atoms with van der Waals surface area (Å²) < 4.78 is 27.9. The summed E-state index contributed by atoms with van der Waals surface area (Å²) in [5, 5.41) is 2.92. The lowest BCUT2D eigenvalue weighted by Crippen LogP contribution is -2.41. The van der Waals surface area contributed by atoms with Gasteiger partial charge >= 0.3 is 0 Å². The van der Waals surface area contributed by atoms with Crippen LogP contribution < -0.4 is 10.2 Å². The minimum absolute atomic E-state index is 0.0133. The molecule has 1 aromatic carbocycles. The van der Waals surface area contributed by atoms with E-state index in [-0.39, 0.29) is 29.3 Å². The SMILES string of the molecule is O=C(CN1C(=O)CCCc2cc(S(=O)(=O)N3CCCCCC3)ccc21)NC1CC1. The van der Waals surface area contributed by atoms with Crippen molar-refractivity contribution < 1.29 is 18.0 Å². The molecule has 29 heavy (non-hydrogen) atoms. The molecule has 0 spiro atoms. The van der Waals surface area contributed by atoms with Crippen molar-refractivity contribution in [2.24, 2.45) is 0 Å². The van der Waals surface area contributed by atoms with Crippen LogP contribution in [0.15, 0.2) is 23.1 Å². The first kappa shape index (κ1) is 20.3. The number of carbonyl (C=O) groups is 2. The van der Waals surface area contributed by atoms with Crippen LogP contribution in [-0.4, -0.2) is 50.2 Å². The van der Waals surface area contributed by atoms with Gasteiger partial charge in [-0.15, -0.1) is 0 Å². The second kappa shape index (κ2) is 8.44. The van der Waals surface area contributed by atoms with Gasteiger partial charge < -0.3 is 10.2 Å². The summed E-state index contributed by atoms with van der Waals surface area (Å²) >= 11 is 0. The fourth-order valence-electron chi connectivity index (χ4n) is 4.13. The highest BCUT2D eigenvalue weighted by Crippen LogP contribution is 2.31. The second-order valence-electron chi connectivity index (χ2n) is 8.28. The summed E-state index contributed by atoms with van der Waals surface area (Å²) in [4.78, 5) is 26.7. The number of sulfonamides is 1. The van der Waals surface area contributed by atoms with Gasteiger partial charge in [0.1, 0.15) is 6.54 Å². The molecule has 1 saturated carbocycles. The Labute approximate surface area is 172 Å². The summed E-state index contributed by atoms with van der Waals surface area (Å²) in [6.45, 7) is 1.11. The summed E-state index contributed by atoms with van der Waals surface area (Å²) in [5.74, 6) is -0.243. The molecule has 3 aliphatic rings. The number of aryl methyl sites for hydroxylation is 1. The Bertz CT molecular complexity index is 887. The van der Waals surface area contributed by atoms with Crippen LogP contribution in [0, 0.1) is 0 Å². The van der Waals surface area contributed by atoms with Crippen molar-refractivity contribution in [3.8, 4) is 0 Å². The largest absolute Gasteiger partial charge is 0.352 e. The maximum Gasteiger partial charge on any atom is 0.243 e. The van der Waals surface area contributed by atoms with Crippen LogP contribution in [0.4, 0.5) is 5.69 Å². The van der Waals surface area contributed by atoms with Gasteiger partial charge in [0.2, 0.25) is 21.8 Å². The Balaban J connectivity index is 1.59. The van der Waals surface area contributed by atoms with Crippen LogP contribution in [-0.2, 0) is 26.0 Å². The second-order valence-corrected chi connectivity index (χ2v) is 10.2. The standard InChI is InChI=1S/C21H29N3O4S/c25-20(22-17-8-9-17)15-24-19-11-10-18(14-16(19)6-5-7-21(24)26)29(27,28)23-12-3-1-2-4-13-23/h10-11,14,17H,1-9,12-13,15H2,(H,22,25). The fourth-order valence-corrected chi connectivity index (χ4v) is 5.70. The van der Waals surface area contributed by atoms with Gasteiger partial charge in [-0.1, -0.05) is 12.8 Å². The molecular formula is C21H29N3O4S. The van der Waals surface area contributed by atoms with E-state index in [4.69, 9.17) is 0 Å². The Kier molecular flexibility index (Phi) is 5.92. The molecule has 2 aliphatic heterocycles. The van der Waals surface area contributed by atoms with Crippen molar-refractivity contribution >= 4 is 27.5 Å². The van der Waals surface area contributed by atoms with Crippen LogP contribution in [0.2, 0.25) is 0 Å². The maximum absolute atomic E-state index is 13.1. The molecule has 4 rings (SSSR count). The number of hydrogen-bond donors (Lipinski definition) is 1. The number of nitrogens with one attached hydrogen (secondary N) is 1. The third-order valence-corrected chi connectivity index (χ3v) is 7.82. The lowest BCUT2D eigenvalue weighted by molar-refractivity contribution is -0.123. The first-order chi connectivity index (χ1) is 13.9. The predicted octanol–water partition coefficient (Wildman–Crippen LogP) is 2.20. The van der Waals surface area contributed by atoms with E-state index in [0.717, 1.165) is 44.1 Å². The topological polar surface area (TPSA) is 86.8 Å². The molecule has 0 radical (unpaired) electrons. The van der Waals surface area contributed by atoms with Gasteiger partial charge in [0.15, 0.2) is 0 Å². The van der Waals surface area contributed by atoms with E-state index in [1.807, 2.05) is 0 Å². The molecule has 2 fully saturated rings. The van der Waals surface area contributed by atoms with Gasteiger partial charge in [-0.3, -0.25) is 9.59 Å². The number of nitrogens with zero attached hydrogens (tertiary/aromatic N) is 2. The van der Waals surface area contributed by atoms with Gasteiger partial charge in [0.05, 0.1) is 4.90 Å². The van der Waals surface area contributed by atoms with E-state index >= 15 is 0 Å². The summed E-state index contributed by atoms with van der Waals surface area (Å²) in [7, 11) is -3.54. The molecule has 7 nitrogen and oxygen atoms in total. The summed E-state index contributed by atoms with van der Waals surface area (Å²) in [6, 6.07) is 5.24. The Hall–Kier alpha value is -1.93. The predicted molar refractivity (Wildman–Crippen MR) is 110 cm³/mol. The summed E-state index contributed by atoms with van der Waals surface area (Å²) in [5.41, 5.74) is 1.49. The third kappa shape index (κ3) is 4.64. The van der Waals surface area contributed by atoms with Gasteiger partial charge in [-0.05, 0) is 62.3 Å². The van der Waals surface area contributed by atoms with E-state index in [1.54, 1.807) is 22.5 Å². The van der Waals surface area contributed by atoms with E-state index in [9.17, 15) is 18.0 Å². The maximum atomic E-state index is 13.1. The number of rotatable bonds is 5. The summed E-state index contributed by atoms with van der Waals surface area (Å²) in [6.07, 6.45) is 7.55. The van der Waals surface area contributed by atoms with Crippen molar-refractivity contribution in [2.75, 3.05) is 24.5 Å². The lowest BCUT2D eigenvalue weighted by Gasteiger charge is -2.24. The molecule has 2 amide bonds. The molecule has 1 aromatic rings. The van der Waals surface area contributed by atoms with Gasteiger partial charge in [-0.2, -0.15) is 4.31 Å². The first-order valence-electron chi connectivity index (χ1n) is 10.7. The number of hydrogen-bond acceptors (Lipinski definition) is 4. The minimum Gasteiger partial charge on any atom is -0.352 e. The molecule has 1 saturated heterocycles. The van der Waals surface area contributed by atoms with Gasteiger partial charge in [-0.25, -0.2) is 8.42 Å². The van der Waals surface area contributed by atoms with Crippen LogP contribution in [0.5, 0.6) is 0 Å². The van der Waals surface area contributed by atoms with Crippen molar-refractivity contribution in [1.82, 2.24) is 9.62 Å². The van der Waals surface area contributed by atoms with E-state index in [0.29, 0.717) is 38.0 Å². The normalized spacial score (nSPS) is 21.2. The fraction of sp³-hybridized carbons (Fsp3) is 0.619. The zero-order valence-electron chi connectivity index (χ0n) is 16.7. The molecule has 0 atom stereocenters. The zero-order chi connectivity index (χ0) is 20.4. The average Bonchev–Trinajstić information content (AvgIpc) is 3.52. The Morgan fingerprint density at radius 1 is 1.03 bits per heavy atom. The molecule has 0 unspecified atom stereocenters. The Morgan fingerprint density at radius 3 is 2.45 bits per heavy atom. The number of benzene rings is 1. The van der Waals surface area contributed by atoms with Crippen molar-refractivity contribution in [2.45, 2.75) is 68.7 Å². The van der Waals surface area contributed by atoms with E-state index in [2.05, 4.69) is 5.32 Å². The zero-order valence-corrected chi connectivity index (χ0v) is 17.5. The number of carbonyl (C=O) groups excluding carboxylic acids is 2. The van der Waals surface area contributed by atoms with E-state index in [1.165, 1.54) is 4.90 Å². The van der Waals surface area contributed by atoms with Crippen LogP contribution >= 0.6 is 0 Å². The van der Waals surface area contributed by atoms with Crippen molar-refractivity contribution in [3.63, 3.8) is 0 Å². The molecule has 1 N–H and O–H groups in total. The number of fused-ring (bicyclic) bond motifs is 1. The van der Waals surface area contributed by atoms with Crippen LogP contribution in [0.3, 0.4) is 0 Å². The minimum atomic E-state index is -3.54. The lowest BCUT2D eigenvalue weighted by atomic mass is 10.1. The van der Waals surface area contributed by atoms with E-state index < -0.39 is 10.0 Å². The number of anilines is 1. The van der Waals surface area contributed by atoms with Gasteiger partial charge in [0, 0.05) is 31.2 Å². The first-order valence-corrected chi connectivity index (χ1v) is 12.1. The van der Waals surface area contributed by atoms with Crippen LogP contribution in [0.1, 0.15) is 56.9 Å². The Morgan fingerprint density at radius 2 is 1.76 bits per heavy atom. The molecule has 2 heterocycles. The van der Waals surface area contributed by atoms with Crippen molar-refractivity contribution in [1.29, 1.82) is 0 Å². The molecule has 0 aromatic heterocycles. The molecule has 158 valence electrons. The van der Waals surface area contributed by atoms with Crippen molar-refractivity contribution in [3.05, 3.63) is 23.8 Å². The highest BCUT2D eigenvalue weighted by atomic mass is 32.2. The van der Waals surface area contributed by atoms with Crippen LogP contribution in [0.25, 0.3) is 0 Å². The van der Waals surface area contributed by atoms with Gasteiger partial charge in [0.25, 0.3) is 0 Å². The average molecular weight is 420 g/mol. The smallest absolute Gasteiger partial charge is 0.243 e. The quantitative estimate of drug-likeness (QED) is 0.793. The molecule has 1 aliphatic carbocycles.